The van der Waals surface area contributed by atoms with Crippen LogP contribution in [-0.2, 0) is 5.21 Å². The topological polar surface area (TPSA) is 23.1 Å². The molecule has 2 nitrogen and oxygen atoms in total. The highest BCUT2D eigenvalue weighted by molar-refractivity contribution is 6.30. The second-order valence-electron chi connectivity index (χ2n) is 6.57. The average molecular weight is 243 g/mol. The van der Waals surface area contributed by atoms with Gasteiger partial charge in [0, 0.05) is 23.7 Å². The molecule has 0 aromatic heterocycles. The smallest absolute Gasteiger partial charge is 0.117 e. The molecule has 7 fully saturated rings. The van der Waals surface area contributed by atoms with Gasteiger partial charge in [-0.2, -0.15) is 0 Å². The first kappa shape index (κ1) is 7.75. The predicted octanol–water partition coefficient (Wildman–Crippen LogP) is 1.91. The van der Waals surface area contributed by atoms with E-state index in [1.54, 1.807) is 0 Å². The zero-order valence-electron chi connectivity index (χ0n) is 7.94. The molecule has 4 heteroatoms. The molecule has 10 unspecified atom stereocenters. The van der Waals surface area contributed by atoms with Crippen LogP contribution in [0.3, 0.4) is 0 Å². The maximum atomic E-state index is 12.4. The summed E-state index contributed by atoms with van der Waals surface area (Å²) in [5.41, 5.74) is 0. The summed E-state index contributed by atoms with van der Waals surface area (Å²) in [7, 11) is 0. The second kappa shape index (κ2) is 1.61. The molecular formula is C11H10Cl2NO. The van der Waals surface area contributed by atoms with E-state index in [1.165, 1.54) is 6.42 Å². The van der Waals surface area contributed by atoms with Crippen molar-refractivity contribution in [1.29, 1.82) is 0 Å². The highest BCUT2D eigenvalue weighted by atomic mass is 35.5. The van der Waals surface area contributed by atoms with Crippen LogP contribution in [-0.4, -0.2) is 15.1 Å². The molecule has 1 radical (unpaired) electrons. The van der Waals surface area contributed by atoms with Crippen LogP contribution >= 0.6 is 23.2 Å². The zero-order chi connectivity index (χ0) is 9.90. The molecule has 2 aliphatic heterocycles. The lowest BCUT2D eigenvalue weighted by atomic mass is 9.60. The van der Waals surface area contributed by atoms with E-state index in [0.29, 0.717) is 23.7 Å². The Labute approximate surface area is 97.5 Å². The first-order valence-corrected chi connectivity index (χ1v) is 6.73. The van der Waals surface area contributed by atoms with E-state index in [1.807, 2.05) is 0 Å². The van der Waals surface area contributed by atoms with Crippen LogP contribution in [0.5, 0.6) is 0 Å². The van der Waals surface area contributed by atoms with Crippen LogP contribution < -0.4 is 0 Å². The third-order valence-electron chi connectivity index (χ3n) is 7.00. The number of hydrogen-bond donors (Lipinski definition) is 0. The Bertz CT molecular complexity index is 402. The van der Waals surface area contributed by atoms with Gasteiger partial charge in [0.25, 0.3) is 0 Å². The lowest BCUT2D eigenvalue weighted by Crippen LogP contribution is -2.48. The first-order chi connectivity index (χ1) is 7.13. The van der Waals surface area contributed by atoms with Gasteiger partial charge in [0.05, 0.1) is 0 Å². The van der Waals surface area contributed by atoms with Crippen molar-refractivity contribution in [2.24, 2.45) is 47.3 Å². The molecule has 0 aromatic rings. The number of halogens is 2. The van der Waals surface area contributed by atoms with Gasteiger partial charge >= 0.3 is 0 Å². The van der Waals surface area contributed by atoms with Crippen LogP contribution in [0.2, 0.25) is 0 Å². The number of nitrogens with zero attached hydrogens (tertiary/aromatic N) is 1. The number of alkyl halides is 2. The molecule has 10 atom stereocenters. The fourth-order valence-corrected chi connectivity index (χ4v) is 8.73. The number of hydrogen-bond acceptors (Lipinski definition) is 1. The van der Waals surface area contributed by atoms with E-state index in [9.17, 15) is 5.21 Å². The third kappa shape index (κ3) is 0.387. The highest BCUT2D eigenvalue weighted by Crippen LogP contribution is 2.94. The van der Waals surface area contributed by atoms with Crippen molar-refractivity contribution in [2.45, 2.75) is 16.4 Å². The molecule has 5 saturated carbocycles. The normalized spacial score (nSPS) is 89.0. The lowest BCUT2D eigenvalue weighted by Gasteiger charge is -2.45. The van der Waals surface area contributed by atoms with Crippen LogP contribution in [0.1, 0.15) is 6.42 Å². The molecule has 0 amide bonds. The van der Waals surface area contributed by atoms with Crippen LogP contribution in [0.25, 0.3) is 0 Å². The molecule has 2 heterocycles. The number of hydroxylamine groups is 2. The summed E-state index contributed by atoms with van der Waals surface area (Å²) in [5, 5.41) is 13.5. The molecule has 2 saturated heterocycles. The minimum absolute atomic E-state index is 0.434. The van der Waals surface area contributed by atoms with Gasteiger partial charge in [0.15, 0.2) is 0 Å². The van der Waals surface area contributed by atoms with Gasteiger partial charge in [0.2, 0.25) is 0 Å². The highest BCUT2D eigenvalue weighted by Gasteiger charge is 2.99. The molecule has 0 spiro atoms. The monoisotopic (exact) mass is 242 g/mol. The van der Waals surface area contributed by atoms with E-state index in [-0.39, 0.29) is 0 Å². The van der Waals surface area contributed by atoms with Crippen molar-refractivity contribution in [1.82, 2.24) is 5.06 Å². The third-order valence-corrected chi connectivity index (χ3v) is 8.31. The molecule has 7 aliphatic rings. The Morgan fingerprint density at radius 2 is 1.40 bits per heavy atom. The van der Waals surface area contributed by atoms with Gasteiger partial charge in [-0.15, -0.1) is 10.3 Å². The minimum atomic E-state index is -0.575. The van der Waals surface area contributed by atoms with Crippen LogP contribution in [0.4, 0.5) is 0 Å². The van der Waals surface area contributed by atoms with Crippen LogP contribution in [0.15, 0.2) is 0 Å². The summed E-state index contributed by atoms with van der Waals surface area (Å²) >= 11 is 13.4. The Hall–Kier alpha value is 0.500. The molecular weight excluding hydrogens is 233 g/mol. The zero-order valence-corrected chi connectivity index (χ0v) is 9.45. The van der Waals surface area contributed by atoms with Gasteiger partial charge in [-0.1, -0.05) is 23.2 Å². The Morgan fingerprint density at radius 1 is 0.933 bits per heavy atom. The molecule has 0 aromatic carbocycles. The molecule has 7 rings (SSSR count). The summed E-state index contributed by atoms with van der Waals surface area (Å²) in [4.78, 5) is -1.15. The average Bonchev–Trinajstić information content (AvgIpc) is 2.72. The van der Waals surface area contributed by atoms with Crippen molar-refractivity contribution in [3.8, 4) is 0 Å². The van der Waals surface area contributed by atoms with Gasteiger partial charge in [-0.25, -0.2) is 0 Å². The van der Waals surface area contributed by atoms with E-state index < -0.39 is 10.00 Å². The van der Waals surface area contributed by atoms with Gasteiger partial charge < -0.3 is 0 Å². The Kier molecular flexibility index (Phi) is 0.833. The van der Waals surface area contributed by atoms with Crippen molar-refractivity contribution >= 4 is 23.2 Å². The number of rotatable bonds is 0. The SMILES string of the molecule is [O]N1C2(Cl)C3C4CC5C6C4C2C6C1(Cl)C53. The summed E-state index contributed by atoms with van der Waals surface area (Å²) in [5.74, 6) is 4.81. The Morgan fingerprint density at radius 3 is 1.87 bits per heavy atom. The summed E-state index contributed by atoms with van der Waals surface area (Å²) in [6.07, 6.45) is 1.33. The summed E-state index contributed by atoms with van der Waals surface area (Å²) < 4.78 is 0. The van der Waals surface area contributed by atoms with Crippen molar-refractivity contribution < 1.29 is 5.21 Å². The minimum Gasteiger partial charge on any atom is -0.117 e. The van der Waals surface area contributed by atoms with Crippen molar-refractivity contribution in [3.63, 3.8) is 0 Å². The standard InChI is InChI=1S/C11H10Cl2NO/c12-10-6-2-1-3-5-4(2)8(10)9(5)11(13,7(3)6)14(10)15/h2-9H,1H2. The second-order valence-corrected chi connectivity index (χ2v) is 7.78. The quantitative estimate of drug-likeness (QED) is 0.470. The molecule has 5 aliphatic carbocycles. The summed E-state index contributed by atoms with van der Waals surface area (Å²) in [6, 6.07) is 0. The van der Waals surface area contributed by atoms with Gasteiger partial charge in [-0.05, 0) is 30.1 Å². The van der Waals surface area contributed by atoms with Gasteiger partial charge in [-0.3, -0.25) is 0 Å². The van der Waals surface area contributed by atoms with E-state index in [0.717, 1.165) is 28.7 Å². The Balaban J connectivity index is 1.82. The maximum Gasteiger partial charge on any atom is 0.131 e. The first-order valence-electron chi connectivity index (χ1n) is 5.98. The molecule has 4 bridgehead atoms. The van der Waals surface area contributed by atoms with E-state index >= 15 is 0 Å². The van der Waals surface area contributed by atoms with E-state index in [4.69, 9.17) is 23.2 Å². The predicted molar refractivity (Wildman–Crippen MR) is 52.2 cm³/mol. The molecule has 0 N–H and O–H groups in total. The molecule has 79 valence electrons. The fourth-order valence-electron chi connectivity index (χ4n) is 7.25. The summed E-state index contributed by atoms with van der Waals surface area (Å²) in [6.45, 7) is 0. The van der Waals surface area contributed by atoms with E-state index in [2.05, 4.69) is 0 Å². The fraction of sp³-hybridized carbons (Fsp3) is 1.00. The van der Waals surface area contributed by atoms with Gasteiger partial charge in [0.1, 0.15) is 10.00 Å². The lowest BCUT2D eigenvalue weighted by molar-refractivity contribution is -0.204. The van der Waals surface area contributed by atoms with Crippen molar-refractivity contribution in [2.75, 3.05) is 0 Å². The van der Waals surface area contributed by atoms with Crippen LogP contribution in [0, 0.1) is 47.3 Å². The molecule has 15 heavy (non-hydrogen) atoms. The maximum absolute atomic E-state index is 12.4. The largest absolute Gasteiger partial charge is 0.131 e. The van der Waals surface area contributed by atoms with Crippen molar-refractivity contribution in [3.05, 3.63) is 0 Å².